The van der Waals surface area contributed by atoms with Crippen LogP contribution in [0.3, 0.4) is 0 Å². The number of nitrogens with zero attached hydrogens (tertiary/aromatic N) is 1. The zero-order valence-electron chi connectivity index (χ0n) is 11.5. The summed E-state index contributed by atoms with van der Waals surface area (Å²) < 4.78 is 75.3. The lowest BCUT2D eigenvalue weighted by Gasteiger charge is -2.15. The molecule has 124 valence electrons. The second-order valence-electron chi connectivity index (χ2n) is 3.87. The van der Waals surface area contributed by atoms with E-state index in [1.54, 1.807) is 0 Å². The Labute approximate surface area is 122 Å². The van der Waals surface area contributed by atoms with E-state index in [-0.39, 0.29) is 12.2 Å². The van der Waals surface area contributed by atoms with Crippen LogP contribution in [-0.2, 0) is 16.0 Å². The second-order valence-corrected chi connectivity index (χ2v) is 3.87. The monoisotopic (exact) mass is 329 g/mol. The first kappa shape index (κ1) is 17.9. The van der Waals surface area contributed by atoms with Gasteiger partial charge in [-0.2, -0.15) is 0 Å². The molecule has 1 rings (SSSR count). The number of hydrogen-bond donors (Lipinski definition) is 0. The van der Waals surface area contributed by atoms with Crippen LogP contribution in [0.4, 0.5) is 22.0 Å². The van der Waals surface area contributed by atoms with Gasteiger partial charge in [-0.15, -0.1) is 13.2 Å². The van der Waals surface area contributed by atoms with Crippen LogP contribution in [0.15, 0.2) is 6.07 Å². The van der Waals surface area contributed by atoms with Gasteiger partial charge in [0.1, 0.15) is 5.75 Å². The largest absolute Gasteiger partial charge is 0.574 e. The van der Waals surface area contributed by atoms with E-state index in [4.69, 9.17) is 0 Å². The molecule has 1 heterocycles. The summed E-state index contributed by atoms with van der Waals surface area (Å²) in [6.45, 7) is 1.51. The molecule has 1 aromatic heterocycles. The number of esters is 1. The van der Waals surface area contributed by atoms with Gasteiger partial charge in [-0.1, -0.05) is 0 Å². The van der Waals surface area contributed by atoms with Crippen LogP contribution in [-0.4, -0.2) is 31.0 Å². The minimum absolute atomic E-state index is 0.00791. The molecule has 10 heteroatoms. The van der Waals surface area contributed by atoms with Gasteiger partial charge in [-0.05, 0) is 13.0 Å². The molecule has 0 aliphatic heterocycles. The van der Waals surface area contributed by atoms with Crippen molar-refractivity contribution in [1.82, 2.24) is 4.98 Å². The summed E-state index contributed by atoms with van der Waals surface area (Å²) in [6.07, 6.45) is -8.96. The Morgan fingerprint density at radius 2 is 2.00 bits per heavy atom. The van der Waals surface area contributed by atoms with E-state index in [0.29, 0.717) is 0 Å². The molecule has 0 fully saturated rings. The van der Waals surface area contributed by atoms with E-state index in [9.17, 15) is 26.7 Å². The highest BCUT2D eigenvalue weighted by atomic mass is 19.4. The molecular formula is C12H12F5NO4. The highest BCUT2D eigenvalue weighted by Crippen LogP contribution is 2.34. The van der Waals surface area contributed by atoms with Gasteiger partial charge in [0, 0.05) is 5.56 Å². The van der Waals surface area contributed by atoms with Crippen LogP contribution in [0.25, 0.3) is 0 Å². The predicted octanol–water partition coefficient (Wildman–Crippen LogP) is 3.03. The van der Waals surface area contributed by atoms with Crippen LogP contribution in [0.2, 0.25) is 0 Å². The lowest BCUT2D eigenvalue weighted by Crippen LogP contribution is -2.20. The number of methoxy groups -OCH3 is 1. The van der Waals surface area contributed by atoms with E-state index >= 15 is 0 Å². The molecule has 0 aliphatic carbocycles. The summed E-state index contributed by atoms with van der Waals surface area (Å²) in [5.74, 6) is -2.45. The number of hydrogen-bond acceptors (Lipinski definition) is 5. The van der Waals surface area contributed by atoms with Crippen molar-refractivity contribution in [3.63, 3.8) is 0 Å². The fraction of sp³-hybridized carbons (Fsp3) is 0.500. The van der Waals surface area contributed by atoms with Crippen LogP contribution in [0.5, 0.6) is 11.6 Å². The first-order valence-electron chi connectivity index (χ1n) is 5.95. The Kier molecular flexibility index (Phi) is 5.89. The summed E-state index contributed by atoms with van der Waals surface area (Å²) in [5.41, 5.74) is -1.40. The Balaban J connectivity index is 3.28. The summed E-state index contributed by atoms with van der Waals surface area (Å²) in [5, 5.41) is 0. The number of aromatic nitrogens is 1. The third-order valence-electron chi connectivity index (χ3n) is 2.33. The zero-order chi connectivity index (χ0) is 16.9. The van der Waals surface area contributed by atoms with Crippen molar-refractivity contribution in [2.24, 2.45) is 0 Å². The molecule has 0 unspecified atom stereocenters. The molecule has 0 amide bonds. The number of ether oxygens (including phenoxy) is 3. The number of alkyl halides is 5. The predicted molar refractivity (Wildman–Crippen MR) is 62.8 cm³/mol. The molecule has 5 nitrogen and oxygen atoms in total. The maximum Gasteiger partial charge on any atom is 0.574 e. The summed E-state index contributed by atoms with van der Waals surface area (Å²) in [6, 6.07) is 0.840. The number of halogens is 5. The number of carbonyl (C=O) groups excluding carboxylic acids is 1. The minimum Gasteiger partial charge on any atom is -0.495 e. The van der Waals surface area contributed by atoms with Crippen molar-refractivity contribution in [2.45, 2.75) is 26.1 Å². The fourth-order valence-electron chi connectivity index (χ4n) is 1.54. The van der Waals surface area contributed by atoms with Crippen LogP contribution >= 0.6 is 0 Å². The number of pyridine rings is 1. The van der Waals surface area contributed by atoms with E-state index in [0.717, 1.165) is 13.2 Å². The van der Waals surface area contributed by atoms with Gasteiger partial charge < -0.3 is 14.2 Å². The molecule has 0 aliphatic rings. The minimum atomic E-state index is -5.15. The topological polar surface area (TPSA) is 57.7 Å². The zero-order valence-corrected chi connectivity index (χ0v) is 11.5. The van der Waals surface area contributed by atoms with Gasteiger partial charge >= 0.3 is 12.3 Å². The van der Waals surface area contributed by atoms with Gasteiger partial charge in [-0.3, -0.25) is 4.79 Å². The van der Waals surface area contributed by atoms with E-state index in [2.05, 4.69) is 19.2 Å². The average Bonchev–Trinajstić information content (AvgIpc) is 2.38. The SMILES string of the molecule is CCOC(=O)Cc1cc(OC)c(C(F)F)nc1OC(F)(F)F. The standard InChI is InChI=1S/C12H12F5NO4/c1-3-21-8(19)5-6-4-7(20-2)9(10(13)14)18-11(6)22-12(15,16)17/h4,10H,3,5H2,1-2H3. The van der Waals surface area contributed by atoms with Crippen molar-refractivity contribution in [2.75, 3.05) is 13.7 Å². The first-order chi connectivity index (χ1) is 10.2. The molecule has 0 atom stereocenters. The van der Waals surface area contributed by atoms with Crippen LogP contribution in [0.1, 0.15) is 24.6 Å². The molecule has 0 N–H and O–H groups in total. The molecule has 0 saturated carbocycles. The third kappa shape index (κ3) is 5.01. The maximum absolute atomic E-state index is 12.8. The molecule has 0 aromatic carbocycles. The molecule has 0 spiro atoms. The normalized spacial score (nSPS) is 11.5. The Morgan fingerprint density at radius 1 is 1.36 bits per heavy atom. The smallest absolute Gasteiger partial charge is 0.495 e. The van der Waals surface area contributed by atoms with Gasteiger partial charge in [-0.25, -0.2) is 13.8 Å². The van der Waals surface area contributed by atoms with Crippen molar-refractivity contribution in [3.05, 3.63) is 17.3 Å². The van der Waals surface area contributed by atoms with Crippen molar-refractivity contribution in [1.29, 1.82) is 0 Å². The molecule has 0 radical (unpaired) electrons. The van der Waals surface area contributed by atoms with Gasteiger partial charge in [0.25, 0.3) is 6.43 Å². The molecular weight excluding hydrogens is 317 g/mol. The molecule has 0 bridgehead atoms. The van der Waals surface area contributed by atoms with E-state index in [1.807, 2.05) is 0 Å². The van der Waals surface area contributed by atoms with Gasteiger partial charge in [0.2, 0.25) is 5.88 Å². The Hall–Kier alpha value is -2.13. The third-order valence-corrected chi connectivity index (χ3v) is 2.33. The lowest BCUT2D eigenvalue weighted by atomic mass is 10.1. The molecule has 1 aromatic rings. The molecule has 0 saturated heterocycles. The average molecular weight is 329 g/mol. The van der Waals surface area contributed by atoms with Gasteiger partial charge in [0.05, 0.1) is 20.1 Å². The van der Waals surface area contributed by atoms with Crippen LogP contribution < -0.4 is 9.47 Å². The summed E-state index contributed by atoms with van der Waals surface area (Å²) in [7, 11) is 1.04. The number of carbonyl (C=O) groups is 1. The first-order valence-corrected chi connectivity index (χ1v) is 5.95. The summed E-state index contributed by atoms with van der Waals surface area (Å²) >= 11 is 0. The molecule has 22 heavy (non-hydrogen) atoms. The van der Waals surface area contributed by atoms with Crippen molar-refractivity contribution < 1.29 is 41.0 Å². The van der Waals surface area contributed by atoms with Crippen molar-refractivity contribution in [3.8, 4) is 11.6 Å². The highest BCUT2D eigenvalue weighted by Gasteiger charge is 2.34. The lowest BCUT2D eigenvalue weighted by molar-refractivity contribution is -0.276. The Morgan fingerprint density at radius 3 is 2.45 bits per heavy atom. The van der Waals surface area contributed by atoms with E-state index in [1.165, 1.54) is 6.92 Å². The Bertz CT molecular complexity index is 533. The van der Waals surface area contributed by atoms with Gasteiger partial charge in [0.15, 0.2) is 5.69 Å². The highest BCUT2D eigenvalue weighted by molar-refractivity contribution is 5.73. The fourth-order valence-corrected chi connectivity index (χ4v) is 1.54. The van der Waals surface area contributed by atoms with Crippen LogP contribution in [0, 0.1) is 0 Å². The quantitative estimate of drug-likeness (QED) is 0.593. The number of rotatable bonds is 6. The summed E-state index contributed by atoms with van der Waals surface area (Å²) in [4.78, 5) is 14.5. The maximum atomic E-state index is 12.8. The van der Waals surface area contributed by atoms with Crippen molar-refractivity contribution >= 4 is 5.97 Å². The van der Waals surface area contributed by atoms with E-state index < -0.39 is 42.5 Å². The second kappa shape index (κ2) is 7.23.